The van der Waals surface area contributed by atoms with Crippen LogP contribution in [0.3, 0.4) is 0 Å². The Bertz CT molecular complexity index is 1090. The minimum Gasteiger partial charge on any atom is -0.494 e. The molecule has 0 aliphatic heterocycles. The van der Waals surface area contributed by atoms with E-state index < -0.39 is 28.5 Å². The van der Waals surface area contributed by atoms with Gasteiger partial charge in [-0.25, -0.2) is 8.42 Å². The normalized spacial score (nSPS) is 12.0. The average Bonchev–Trinajstić information content (AvgIpc) is 2.81. The Hall–Kier alpha value is -3.07. The molecule has 1 unspecified atom stereocenters. The van der Waals surface area contributed by atoms with Crippen LogP contribution in [0.15, 0.2) is 48.5 Å². The molecule has 0 bridgehead atoms. The summed E-state index contributed by atoms with van der Waals surface area (Å²) < 4.78 is 31.8. The molecule has 0 aliphatic rings. The lowest BCUT2D eigenvalue weighted by molar-refractivity contribution is -0.140. The Morgan fingerprint density at radius 2 is 1.74 bits per heavy atom. The Labute approximate surface area is 209 Å². The molecule has 0 aromatic heterocycles. The number of carbonyl (C=O) groups is 2. The molecule has 1 atom stereocenters. The highest BCUT2D eigenvalue weighted by Gasteiger charge is 2.31. The highest BCUT2D eigenvalue weighted by atomic mass is 32.2. The van der Waals surface area contributed by atoms with Gasteiger partial charge in [-0.05, 0) is 56.5 Å². The van der Waals surface area contributed by atoms with E-state index in [1.807, 2.05) is 52.0 Å². The fourth-order valence-corrected chi connectivity index (χ4v) is 4.63. The predicted octanol–water partition coefficient (Wildman–Crippen LogP) is 3.49. The summed E-state index contributed by atoms with van der Waals surface area (Å²) in [5.74, 6) is -0.0950. The summed E-state index contributed by atoms with van der Waals surface area (Å²) in [5, 5.41) is 2.87. The third-order valence-electron chi connectivity index (χ3n) is 5.49. The Morgan fingerprint density at radius 3 is 2.29 bits per heavy atom. The number of anilines is 1. The van der Waals surface area contributed by atoms with Crippen molar-refractivity contribution < 1.29 is 22.7 Å². The van der Waals surface area contributed by atoms with Crippen LogP contribution in [0, 0.1) is 6.92 Å². The molecule has 0 fully saturated rings. The van der Waals surface area contributed by atoms with Crippen molar-refractivity contribution in [1.29, 1.82) is 0 Å². The summed E-state index contributed by atoms with van der Waals surface area (Å²) in [5.41, 5.74) is 2.25. The molecule has 192 valence electrons. The van der Waals surface area contributed by atoms with Gasteiger partial charge >= 0.3 is 0 Å². The zero-order chi connectivity index (χ0) is 26.0. The van der Waals surface area contributed by atoms with E-state index in [9.17, 15) is 18.0 Å². The fourth-order valence-electron chi connectivity index (χ4n) is 3.78. The molecular formula is C26H37N3O5S. The predicted molar refractivity (Wildman–Crippen MR) is 139 cm³/mol. The van der Waals surface area contributed by atoms with Gasteiger partial charge in [0.25, 0.3) is 0 Å². The van der Waals surface area contributed by atoms with Crippen molar-refractivity contribution in [3.05, 3.63) is 59.7 Å². The molecule has 0 heterocycles. The van der Waals surface area contributed by atoms with E-state index in [1.165, 1.54) is 4.90 Å². The number of ether oxygens (including phenoxy) is 1. The largest absolute Gasteiger partial charge is 0.494 e. The average molecular weight is 504 g/mol. The van der Waals surface area contributed by atoms with Crippen molar-refractivity contribution in [2.45, 2.75) is 53.1 Å². The standard InChI is InChI=1S/C26H37N3O5S/c1-6-16-27-26(31)24(7-2)28(18-21-11-9-10-20(4)17-21)25(30)19-29(35(5,32)33)22-12-14-23(15-13-22)34-8-3/h9-15,17,24H,6-8,16,18-19H2,1-5H3,(H,27,31). The molecular weight excluding hydrogens is 466 g/mol. The summed E-state index contributed by atoms with van der Waals surface area (Å²) in [6, 6.07) is 13.5. The van der Waals surface area contributed by atoms with Crippen molar-refractivity contribution in [1.82, 2.24) is 10.2 Å². The maximum Gasteiger partial charge on any atom is 0.244 e. The van der Waals surface area contributed by atoms with Crippen molar-refractivity contribution >= 4 is 27.5 Å². The number of amides is 2. The van der Waals surface area contributed by atoms with Gasteiger partial charge < -0.3 is 15.0 Å². The first kappa shape index (κ1) is 28.2. The highest BCUT2D eigenvalue weighted by molar-refractivity contribution is 7.92. The first-order chi connectivity index (χ1) is 16.6. The Kier molecular flexibility index (Phi) is 10.6. The second-order valence-electron chi connectivity index (χ2n) is 8.42. The first-order valence-electron chi connectivity index (χ1n) is 11.9. The molecule has 35 heavy (non-hydrogen) atoms. The Balaban J connectivity index is 2.40. The molecule has 2 rings (SSSR count). The number of benzene rings is 2. The van der Waals surface area contributed by atoms with Gasteiger partial charge in [0, 0.05) is 13.1 Å². The summed E-state index contributed by atoms with van der Waals surface area (Å²) in [4.78, 5) is 28.0. The van der Waals surface area contributed by atoms with Crippen LogP contribution < -0.4 is 14.4 Å². The number of nitrogens with one attached hydrogen (secondary N) is 1. The second kappa shape index (κ2) is 13.1. The maximum atomic E-state index is 13.6. The number of hydrogen-bond donors (Lipinski definition) is 1. The van der Waals surface area contributed by atoms with Crippen LogP contribution in [-0.4, -0.2) is 57.1 Å². The summed E-state index contributed by atoms with van der Waals surface area (Å²) in [6.45, 7) is 8.38. The number of rotatable bonds is 13. The third-order valence-corrected chi connectivity index (χ3v) is 6.63. The van der Waals surface area contributed by atoms with Gasteiger partial charge in [-0.1, -0.05) is 43.7 Å². The van der Waals surface area contributed by atoms with Crippen LogP contribution >= 0.6 is 0 Å². The second-order valence-corrected chi connectivity index (χ2v) is 10.3. The van der Waals surface area contributed by atoms with Gasteiger partial charge in [-0.15, -0.1) is 0 Å². The van der Waals surface area contributed by atoms with Crippen LogP contribution in [0.1, 0.15) is 44.7 Å². The van der Waals surface area contributed by atoms with Gasteiger partial charge in [0.1, 0.15) is 18.3 Å². The van der Waals surface area contributed by atoms with Gasteiger partial charge in [-0.3, -0.25) is 13.9 Å². The molecule has 2 aromatic carbocycles. The van der Waals surface area contributed by atoms with E-state index in [-0.39, 0.29) is 12.5 Å². The van der Waals surface area contributed by atoms with Crippen LogP contribution in [0.5, 0.6) is 5.75 Å². The molecule has 9 heteroatoms. The Morgan fingerprint density at radius 1 is 1.06 bits per heavy atom. The fraction of sp³-hybridized carbons (Fsp3) is 0.462. The van der Waals surface area contributed by atoms with Gasteiger partial charge in [0.2, 0.25) is 21.8 Å². The smallest absolute Gasteiger partial charge is 0.244 e. The maximum absolute atomic E-state index is 13.6. The van der Waals surface area contributed by atoms with Crippen LogP contribution in [0.2, 0.25) is 0 Å². The van der Waals surface area contributed by atoms with Crippen molar-refractivity contribution in [3.63, 3.8) is 0 Å². The molecule has 2 aromatic rings. The van der Waals surface area contributed by atoms with Crippen LogP contribution in [0.25, 0.3) is 0 Å². The van der Waals surface area contributed by atoms with E-state index in [0.29, 0.717) is 31.0 Å². The number of hydrogen-bond acceptors (Lipinski definition) is 5. The van der Waals surface area contributed by atoms with Gasteiger partial charge in [0.05, 0.1) is 18.6 Å². The summed E-state index contributed by atoms with van der Waals surface area (Å²) >= 11 is 0. The number of sulfonamides is 1. The molecule has 2 amide bonds. The molecule has 0 aliphatic carbocycles. The van der Waals surface area contributed by atoms with Crippen molar-refractivity contribution in [3.8, 4) is 5.75 Å². The summed E-state index contributed by atoms with van der Waals surface area (Å²) in [7, 11) is -3.77. The van der Waals surface area contributed by atoms with Crippen LogP contribution in [0.4, 0.5) is 5.69 Å². The minimum atomic E-state index is -3.77. The molecule has 8 nitrogen and oxygen atoms in total. The van der Waals surface area contributed by atoms with Gasteiger partial charge in [0.15, 0.2) is 0 Å². The van der Waals surface area contributed by atoms with E-state index in [0.717, 1.165) is 28.1 Å². The quantitative estimate of drug-likeness (QED) is 0.451. The molecule has 1 N–H and O–H groups in total. The van der Waals surface area contributed by atoms with Crippen molar-refractivity contribution in [2.24, 2.45) is 0 Å². The van der Waals surface area contributed by atoms with E-state index in [1.54, 1.807) is 24.3 Å². The number of aryl methyl sites for hydroxylation is 1. The first-order valence-corrected chi connectivity index (χ1v) is 13.8. The topological polar surface area (TPSA) is 96.0 Å². The lowest BCUT2D eigenvalue weighted by Crippen LogP contribution is -2.52. The SMILES string of the molecule is CCCNC(=O)C(CC)N(Cc1cccc(C)c1)C(=O)CN(c1ccc(OCC)cc1)S(C)(=O)=O. The van der Waals surface area contributed by atoms with E-state index in [2.05, 4.69) is 5.32 Å². The zero-order valence-electron chi connectivity index (χ0n) is 21.3. The molecule has 0 radical (unpaired) electrons. The molecule has 0 saturated heterocycles. The van der Waals surface area contributed by atoms with E-state index >= 15 is 0 Å². The lowest BCUT2D eigenvalue weighted by Gasteiger charge is -2.33. The minimum absolute atomic E-state index is 0.194. The van der Waals surface area contributed by atoms with Gasteiger partial charge in [-0.2, -0.15) is 0 Å². The molecule has 0 saturated carbocycles. The number of nitrogens with zero attached hydrogens (tertiary/aromatic N) is 2. The molecule has 0 spiro atoms. The van der Waals surface area contributed by atoms with Crippen LogP contribution in [-0.2, 0) is 26.2 Å². The lowest BCUT2D eigenvalue weighted by atomic mass is 10.1. The van der Waals surface area contributed by atoms with Crippen molar-refractivity contribution in [2.75, 3.05) is 30.3 Å². The third kappa shape index (κ3) is 8.28. The highest BCUT2D eigenvalue weighted by Crippen LogP contribution is 2.23. The monoisotopic (exact) mass is 503 g/mol. The summed E-state index contributed by atoms with van der Waals surface area (Å²) in [6.07, 6.45) is 2.23. The van der Waals surface area contributed by atoms with E-state index in [4.69, 9.17) is 4.74 Å². The number of carbonyl (C=O) groups excluding carboxylic acids is 2. The zero-order valence-corrected chi connectivity index (χ0v) is 22.1.